The van der Waals surface area contributed by atoms with Crippen LogP contribution in [0.5, 0.6) is 11.5 Å². The van der Waals surface area contributed by atoms with Gasteiger partial charge in [0.25, 0.3) is 5.82 Å². The molecule has 2 aromatic carbocycles. The number of nitrogens with zero attached hydrogens (tertiary/aromatic N) is 4. The Labute approximate surface area is 248 Å². The van der Waals surface area contributed by atoms with Gasteiger partial charge in [-0.2, -0.15) is 0 Å². The summed E-state index contributed by atoms with van der Waals surface area (Å²) < 4.78 is 14.4. The quantitative estimate of drug-likeness (QED) is 0.157. The third-order valence-electron chi connectivity index (χ3n) is 6.29. The van der Waals surface area contributed by atoms with Gasteiger partial charge < -0.3 is 18.9 Å². The van der Waals surface area contributed by atoms with Crippen LogP contribution in [0, 0.1) is 0 Å². The number of aryl methyl sites for hydroxylation is 2. The molecule has 222 valence electrons. The highest BCUT2D eigenvalue weighted by Crippen LogP contribution is 2.45. The van der Waals surface area contributed by atoms with Crippen molar-refractivity contribution in [3.63, 3.8) is 0 Å². The van der Waals surface area contributed by atoms with Crippen LogP contribution in [0.15, 0.2) is 46.3 Å². The fourth-order valence-corrected chi connectivity index (χ4v) is 5.42. The summed E-state index contributed by atoms with van der Waals surface area (Å²) in [6, 6.07) is 12.6. The van der Waals surface area contributed by atoms with Crippen LogP contribution in [0.25, 0.3) is 17.0 Å². The summed E-state index contributed by atoms with van der Waals surface area (Å²) in [6.45, 7) is 13.2. The number of aromatic nitrogens is 2. The second kappa shape index (κ2) is 17.1. The molecule has 1 aromatic heterocycles. The molecule has 0 aliphatic carbocycles. The van der Waals surface area contributed by atoms with Crippen LogP contribution in [0.3, 0.4) is 0 Å². The molecule has 3 aromatic rings. The van der Waals surface area contributed by atoms with Crippen LogP contribution in [0.2, 0.25) is 0 Å². The summed E-state index contributed by atoms with van der Waals surface area (Å²) in [7, 11) is 14.3. The Morgan fingerprint density at radius 1 is 0.925 bits per heavy atom. The standard InChI is InChI=1S/C27H36N4O2S.3C2H6/c1-29-22-18-24(33-7)23(32-6)16-19(22)20(28-26(29)14-10-11-15-31(3,4)5)17-27-30(2)21-12-8-9-13-25(21)34-27;3*1-2/h8-9,12-13,16-18H,10-11,14-15H2,1-7H3;3*1-2H3/q+2;;;. The molecule has 0 atom stereocenters. The number of anilines is 1. The van der Waals surface area contributed by atoms with Crippen molar-refractivity contribution in [3.8, 4) is 11.5 Å². The number of thioether (sulfide) groups is 1. The van der Waals surface area contributed by atoms with E-state index in [1.54, 1.807) is 26.0 Å². The number of ether oxygens (including phenoxy) is 2. The largest absolute Gasteiger partial charge is 0.493 e. The van der Waals surface area contributed by atoms with E-state index in [9.17, 15) is 0 Å². The summed E-state index contributed by atoms with van der Waals surface area (Å²) in [5, 5.41) is 2.21. The van der Waals surface area contributed by atoms with Crippen molar-refractivity contribution >= 4 is 34.4 Å². The van der Waals surface area contributed by atoms with Crippen LogP contribution in [0.4, 0.5) is 5.69 Å². The molecule has 40 heavy (non-hydrogen) atoms. The molecule has 6 nitrogen and oxygen atoms in total. The summed E-state index contributed by atoms with van der Waals surface area (Å²) in [6.07, 6.45) is 5.40. The molecular formula is C33H54N4O2S+2. The SMILES string of the molecule is CC.CC.CC.COc1cc2c(/C=C3\Sc4ccccc4N3C)nc(CCCC[N+](C)(C)C)[n+](C)c2cc1OC. The lowest BCUT2D eigenvalue weighted by Crippen LogP contribution is -2.37. The average molecular weight is 571 g/mol. The molecule has 0 unspecified atom stereocenters. The van der Waals surface area contributed by atoms with Crippen molar-refractivity contribution in [1.82, 2.24) is 4.98 Å². The molecule has 0 spiro atoms. The Bertz CT molecular complexity index is 1240. The number of fused-ring (bicyclic) bond motifs is 2. The number of quaternary nitrogens is 1. The zero-order valence-electron chi connectivity index (χ0n) is 27.4. The molecular weight excluding hydrogens is 516 g/mol. The van der Waals surface area contributed by atoms with Crippen molar-refractivity contribution in [3.05, 3.63) is 52.9 Å². The van der Waals surface area contributed by atoms with Crippen LogP contribution < -0.4 is 18.9 Å². The molecule has 0 fully saturated rings. The van der Waals surface area contributed by atoms with Crippen LogP contribution in [0.1, 0.15) is 65.9 Å². The molecule has 4 rings (SSSR count). The second-order valence-electron chi connectivity index (χ2n) is 9.78. The average Bonchev–Trinajstić information content (AvgIpc) is 3.30. The number of para-hydroxylation sites is 1. The fraction of sp³-hybridized carbons (Fsp3) is 0.515. The van der Waals surface area contributed by atoms with Gasteiger partial charge >= 0.3 is 0 Å². The maximum atomic E-state index is 5.62. The maximum Gasteiger partial charge on any atom is 0.299 e. The number of methoxy groups -OCH3 is 2. The van der Waals surface area contributed by atoms with Gasteiger partial charge in [-0.15, -0.1) is 0 Å². The highest BCUT2D eigenvalue weighted by molar-refractivity contribution is 8.03. The van der Waals surface area contributed by atoms with E-state index < -0.39 is 0 Å². The van der Waals surface area contributed by atoms with E-state index in [0.717, 1.165) is 57.1 Å². The molecule has 0 bridgehead atoms. The minimum Gasteiger partial charge on any atom is -0.493 e. The minimum absolute atomic E-state index is 0.711. The van der Waals surface area contributed by atoms with E-state index in [2.05, 4.69) is 81.1 Å². The Morgan fingerprint density at radius 2 is 1.52 bits per heavy atom. The van der Waals surface area contributed by atoms with Gasteiger partial charge in [-0.1, -0.05) is 65.4 Å². The highest BCUT2D eigenvalue weighted by Gasteiger charge is 2.26. The smallest absolute Gasteiger partial charge is 0.299 e. The fourth-order valence-electron chi connectivity index (χ4n) is 4.33. The molecule has 1 aliphatic heterocycles. The van der Waals surface area contributed by atoms with E-state index in [1.165, 1.54) is 17.0 Å². The lowest BCUT2D eigenvalue weighted by atomic mass is 10.1. The molecule has 0 saturated carbocycles. The normalized spacial score (nSPS) is 12.9. The molecule has 0 amide bonds. The topological polar surface area (TPSA) is 38.5 Å². The van der Waals surface area contributed by atoms with Crippen molar-refractivity contribution in [2.24, 2.45) is 7.05 Å². The van der Waals surface area contributed by atoms with E-state index in [-0.39, 0.29) is 0 Å². The summed E-state index contributed by atoms with van der Waals surface area (Å²) in [5.74, 6) is 2.52. The summed E-state index contributed by atoms with van der Waals surface area (Å²) in [4.78, 5) is 8.68. The molecule has 1 aliphatic rings. The molecule has 2 heterocycles. The van der Waals surface area contributed by atoms with Gasteiger partial charge in [0.1, 0.15) is 5.52 Å². The zero-order chi connectivity index (χ0) is 30.5. The van der Waals surface area contributed by atoms with E-state index in [4.69, 9.17) is 14.5 Å². The van der Waals surface area contributed by atoms with E-state index in [0.29, 0.717) is 5.75 Å². The second-order valence-corrected chi connectivity index (χ2v) is 10.8. The highest BCUT2D eigenvalue weighted by atomic mass is 32.2. The van der Waals surface area contributed by atoms with Gasteiger partial charge in [0.15, 0.2) is 17.2 Å². The minimum atomic E-state index is 0.711. The number of hydrogen-bond donors (Lipinski definition) is 0. The molecule has 7 heteroatoms. The van der Waals surface area contributed by atoms with Gasteiger partial charge in [0.05, 0.1) is 71.5 Å². The maximum absolute atomic E-state index is 5.62. The number of rotatable bonds is 8. The Hall–Kier alpha value is -2.77. The first-order valence-corrected chi connectivity index (χ1v) is 15.5. The number of unbranched alkanes of at least 4 members (excludes halogenated alkanes) is 1. The lowest BCUT2D eigenvalue weighted by Gasteiger charge is -2.23. The first kappa shape index (κ1) is 35.3. The third-order valence-corrected chi connectivity index (χ3v) is 7.45. The Morgan fingerprint density at radius 3 is 2.10 bits per heavy atom. The van der Waals surface area contributed by atoms with Gasteiger partial charge in [-0.25, -0.2) is 4.57 Å². The van der Waals surface area contributed by atoms with Crippen LogP contribution in [-0.4, -0.2) is 58.4 Å². The van der Waals surface area contributed by atoms with E-state index in [1.807, 2.05) is 47.6 Å². The monoisotopic (exact) mass is 570 g/mol. The lowest BCUT2D eigenvalue weighted by molar-refractivity contribution is -0.870. The van der Waals surface area contributed by atoms with Crippen molar-refractivity contribution in [2.75, 3.05) is 53.9 Å². The van der Waals surface area contributed by atoms with Crippen LogP contribution in [-0.2, 0) is 13.5 Å². The number of benzene rings is 2. The van der Waals surface area contributed by atoms with Crippen LogP contribution >= 0.6 is 11.8 Å². The third kappa shape index (κ3) is 8.87. The van der Waals surface area contributed by atoms with Crippen molar-refractivity contribution in [1.29, 1.82) is 0 Å². The van der Waals surface area contributed by atoms with Gasteiger partial charge in [-0.3, -0.25) is 0 Å². The van der Waals surface area contributed by atoms with Gasteiger partial charge in [0, 0.05) is 24.1 Å². The summed E-state index contributed by atoms with van der Waals surface area (Å²) >= 11 is 1.78. The first-order chi connectivity index (χ1) is 19.2. The van der Waals surface area contributed by atoms with Gasteiger partial charge in [0.2, 0.25) is 0 Å². The Balaban J connectivity index is 0.00000125. The molecule has 0 radical (unpaired) electrons. The van der Waals surface area contributed by atoms with Gasteiger partial charge in [-0.05, 0) is 36.0 Å². The van der Waals surface area contributed by atoms with Crippen molar-refractivity contribution in [2.45, 2.75) is 65.7 Å². The van der Waals surface area contributed by atoms with Crippen molar-refractivity contribution < 1.29 is 18.5 Å². The Kier molecular flexibility index (Phi) is 15.1. The molecule has 0 N–H and O–H groups in total. The number of hydrogen-bond acceptors (Lipinski definition) is 5. The zero-order valence-corrected chi connectivity index (χ0v) is 28.2. The molecule has 0 saturated heterocycles. The predicted octanol–water partition coefficient (Wildman–Crippen LogP) is 7.72. The summed E-state index contributed by atoms with van der Waals surface area (Å²) in [5.41, 5.74) is 3.27. The first-order valence-electron chi connectivity index (χ1n) is 14.7. The predicted molar refractivity (Wildman–Crippen MR) is 175 cm³/mol. The van der Waals surface area contributed by atoms with E-state index >= 15 is 0 Å².